The molecule has 5 heteroatoms. The maximum Gasteiger partial charge on any atom is 0.335 e. The molecule has 5 nitrogen and oxygen atoms in total. The zero-order valence-corrected chi connectivity index (χ0v) is 23.5. The molecule has 4 aromatic rings. The maximum atomic E-state index is 13.2. The summed E-state index contributed by atoms with van der Waals surface area (Å²) in [4.78, 5) is 40.2. The molecule has 4 aliphatic rings. The first-order valence-electron chi connectivity index (χ1n) is 14.6. The molecule has 206 valence electrons. The number of hydrogen-bond donors (Lipinski definition) is 1. The summed E-state index contributed by atoms with van der Waals surface area (Å²) in [7, 11) is 0. The van der Waals surface area contributed by atoms with Gasteiger partial charge in [-0.05, 0) is 94.8 Å². The SMILES string of the molecule is CC1(C)c2ccccc2-c2ccc(N3c4ccc(C=C5C(=O)c6ccc(C(=O)O)cc6C5=O)cc4C4CCCC43)cc21. The lowest BCUT2D eigenvalue weighted by Crippen LogP contribution is -2.27. The minimum absolute atomic E-state index is 0.000120. The van der Waals surface area contributed by atoms with E-state index < -0.39 is 11.8 Å². The van der Waals surface area contributed by atoms with Gasteiger partial charge in [-0.25, -0.2) is 4.79 Å². The number of aromatic carboxylic acids is 1. The zero-order valence-electron chi connectivity index (χ0n) is 23.5. The molecule has 0 saturated heterocycles. The van der Waals surface area contributed by atoms with Crippen LogP contribution in [-0.4, -0.2) is 28.7 Å². The van der Waals surface area contributed by atoms with Crippen LogP contribution in [0.1, 0.15) is 92.4 Å². The van der Waals surface area contributed by atoms with Crippen LogP contribution >= 0.6 is 0 Å². The molecule has 1 fully saturated rings. The van der Waals surface area contributed by atoms with Crippen LogP contribution in [0.5, 0.6) is 0 Å². The normalized spacial score (nSPS) is 21.8. The summed E-state index contributed by atoms with van der Waals surface area (Å²) in [6.07, 6.45) is 5.07. The van der Waals surface area contributed by atoms with Crippen molar-refractivity contribution >= 4 is 35.0 Å². The number of nitrogens with zero attached hydrogens (tertiary/aromatic N) is 1. The Bertz CT molecular complexity index is 1930. The van der Waals surface area contributed by atoms with Crippen LogP contribution in [0.4, 0.5) is 11.4 Å². The highest BCUT2D eigenvalue weighted by atomic mass is 16.4. The number of ketones is 2. The highest BCUT2D eigenvalue weighted by molar-refractivity contribution is 6.41. The quantitative estimate of drug-likeness (QED) is 0.207. The smallest absolute Gasteiger partial charge is 0.335 e. The van der Waals surface area contributed by atoms with Crippen molar-refractivity contribution in [1.29, 1.82) is 0 Å². The topological polar surface area (TPSA) is 74.7 Å². The summed E-state index contributed by atoms with van der Waals surface area (Å²) in [6.45, 7) is 4.62. The zero-order chi connectivity index (χ0) is 28.9. The van der Waals surface area contributed by atoms with Crippen molar-refractivity contribution in [3.05, 3.63) is 123 Å². The van der Waals surface area contributed by atoms with E-state index in [-0.39, 0.29) is 33.5 Å². The van der Waals surface area contributed by atoms with Gasteiger partial charge in [0.25, 0.3) is 0 Å². The van der Waals surface area contributed by atoms with E-state index in [0.29, 0.717) is 12.0 Å². The Labute approximate surface area is 244 Å². The van der Waals surface area contributed by atoms with E-state index in [4.69, 9.17) is 0 Å². The average Bonchev–Trinajstić information content (AvgIpc) is 3.70. The highest BCUT2D eigenvalue weighted by Crippen LogP contribution is 2.55. The number of Topliss-reactive ketones (excluding diaryl/α,β-unsaturated/α-hetero) is 2. The lowest BCUT2D eigenvalue weighted by molar-refractivity contribution is 0.0696. The van der Waals surface area contributed by atoms with Crippen LogP contribution in [0.15, 0.2) is 84.4 Å². The molecule has 0 bridgehead atoms. The van der Waals surface area contributed by atoms with Crippen LogP contribution < -0.4 is 4.90 Å². The summed E-state index contributed by atoms with van der Waals surface area (Å²) >= 11 is 0. The number of benzene rings is 4. The summed E-state index contributed by atoms with van der Waals surface area (Å²) in [6, 6.07) is 26.4. The Morgan fingerprint density at radius 1 is 0.833 bits per heavy atom. The van der Waals surface area contributed by atoms with E-state index in [1.165, 1.54) is 57.4 Å². The fourth-order valence-electron chi connectivity index (χ4n) is 7.90. The molecule has 8 rings (SSSR count). The molecule has 4 aromatic carbocycles. The molecule has 42 heavy (non-hydrogen) atoms. The Hall–Kier alpha value is -4.77. The molecule has 1 aliphatic heterocycles. The predicted molar refractivity (Wildman–Crippen MR) is 163 cm³/mol. The largest absolute Gasteiger partial charge is 0.478 e. The summed E-state index contributed by atoms with van der Waals surface area (Å²) in [5, 5.41) is 9.34. The average molecular weight is 552 g/mol. The van der Waals surface area contributed by atoms with Gasteiger partial charge in [0.05, 0.1) is 11.1 Å². The van der Waals surface area contributed by atoms with Crippen molar-refractivity contribution in [1.82, 2.24) is 0 Å². The third-order valence-electron chi connectivity index (χ3n) is 9.92. The maximum absolute atomic E-state index is 13.2. The van der Waals surface area contributed by atoms with Crippen LogP contribution in [0.3, 0.4) is 0 Å². The second-order valence-corrected chi connectivity index (χ2v) is 12.5. The first-order valence-corrected chi connectivity index (χ1v) is 14.6. The molecular weight excluding hydrogens is 522 g/mol. The van der Waals surface area contributed by atoms with Crippen molar-refractivity contribution in [2.24, 2.45) is 0 Å². The molecule has 0 radical (unpaired) electrons. The molecule has 0 amide bonds. The molecule has 1 saturated carbocycles. The van der Waals surface area contributed by atoms with Gasteiger partial charge in [-0.15, -0.1) is 0 Å². The summed E-state index contributed by atoms with van der Waals surface area (Å²) < 4.78 is 0. The van der Waals surface area contributed by atoms with E-state index in [1.54, 1.807) is 6.08 Å². The van der Waals surface area contributed by atoms with Gasteiger partial charge in [0.2, 0.25) is 0 Å². The summed E-state index contributed by atoms with van der Waals surface area (Å²) in [5.41, 5.74) is 10.3. The van der Waals surface area contributed by atoms with Gasteiger partial charge in [0.15, 0.2) is 11.6 Å². The monoisotopic (exact) mass is 551 g/mol. The van der Waals surface area contributed by atoms with Crippen molar-refractivity contribution in [3.8, 4) is 11.1 Å². The number of allylic oxidation sites excluding steroid dienone is 1. The van der Waals surface area contributed by atoms with Gasteiger partial charge in [-0.3, -0.25) is 9.59 Å². The number of carboxylic acids is 1. The number of carbonyl (C=O) groups is 3. The third-order valence-corrected chi connectivity index (χ3v) is 9.92. The minimum Gasteiger partial charge on any atom is -0.478 e. The van der Waals surface area contributed by atoms with Crippen LogP contribution in [0, 0.1) is 0 Å². The van der Waals surface area contributed by atoms with E-state index in [1.807, 2.05) is 6.07 Å². The van der Waals surface area contributed by atoms with Gasteiger partial charge >= 0.3 is 5.97 Å². The van der Waals surface area contributed by atoms with Gasteiger partial charge in [0.1, 0.15) is 0 Å². The third kappa shape index (κ3) is 3.34. The van der Waals surface area contributed by atoms with E-state index in [9.17, 15) is 19.5 Å². The number of anilines is 2. The van der Waals surface area contributed by atoms with Crippen molar-refractivity contribution in [3.63, 3.8) is 0 Å². The van der Waals surface area contributed by atoms with Crippen LogP contribution in [0.2, 0.25) is 0 Å². The number of fused-ring (bicyclic) bond motifs is 7. The Morgan fingerprint density at radius 2 is 1.60 bits per heavy atom. The first kappa shape index (κ1) is 25.0. The number of hydrogen-bond acceptors (Lipinski definition) is 4. The second kappa shape index (κ2) is 8.62. The van der Waals surface area contributed by atoms with Gasteiger partial charge in [0, 0.05) is 39.9 Å². The predicted octanol–water partition coefficient (Wildman–Crippen LogP) is 7.94. The van der Waals surface area contributed by atoms with Gasteiger partial charge in [-0.1, -0.05) is 56.7 Å². The van der Waals surface area contributed by atoms with Crippen LogP contribution in [-0.2, 0) is 5.41 Å². The van der Waals surface area contributed by atoms with Gasteiger partial charge < -0.3 is 10.0 Å². The molecule has 2 atom stereocenters. The minimum atomic E-state index is -1.12. The van der Waals surface area contributed by atoms with Crippen molar-refractivity contribution < 1.29 is 19.5 Å². The summed E-state index contributed by atoms with van der Waals surface area (Å²) in [5.74, 6) is -1.50. The molecule has 0 spiro atoms. The number of carboxylic acid groups (broad SMARTS) is 1. The molecular formula is C37H29NO4. The van der Waals surface area contributed by atoms with Gasteiger partial charge in [-0.2, -0.15) is 0 Å². The van der Waals surface area contributed by atoms with E-state index in [2.05, 4.69) is 73.3 Å². The van der Waals surface area contributed by atoms with Crippen molar-refractivity contribution in [2.75, 3.05) is 4.90 Å². The van der Waals surface area contributed by atoms with Crippen LogP contribution in [0.25, 0.3) is 17.2 Å². The Kier molecular flexibility index (Phi) is 5.13. The molecule has 1 N–H and O–H groups in total. The molecule has 0 aromatic heterocycles. The lowest BCUT2D eigenvalue weighted by Gasteiger charge is -2.29. The highest BCUT2D eigenvalue weighted by Gasteiger charge is 2.43. The fraction of sp³-hybridized carbons (Fsp3) is 0.216. The first-order chi connectivity index (χ1) is 20.2. The number of rotatable bonds is 3. The lowest BCUT2D eigenvalue weighted by atomic mass is 9.82. The number of carbonyl (C=O) groups excluding carboxylic acids is 2. The molecule has 1 heterocycles. The Morgan fingerprint density at radius 3 is 2.43 bits per heavy atom. The molecule has 2 unspecified atom stereocenters. The van der Waals surface area contributed by atoms with E-state index >= 15 is 0 Å². The Balaban J connectivity index is 1.18. The van der Waals surface area contributed by atoms with E-state index in [0.717, 1.165) is 24.8 Å². The fourth-order valence-corrected chi connectivity index (χ4v) is 7.90. The molecule has 3 aliphatic carbocycles. The standard InChI is InChI=1S/C37H29NO4/c1-37(2)30-8-4-3-6-23(30)24-14-12-22(19-31(24)37)38-32-9-5-7-25(32)27-16-20(10-15-33(27)38)17-29-34(39)26-13-11-21(36(41)42)18-28(26)35(29)40/h3-4,6,8,10-19,25,32H,5,7,9H2,1-2H3,(H,41,42). The van der Waals surface area contributed by atoms with Crippen molar-refractivity contribution in [2.45, 2.75) is 50.5 Å². The second-order valence-electron chi connectivity index (χ2n) is 12.5.